The molecule has 2 nitrogen and oxygen atoms in total. The van der Waals surface area contributed by atoms with Crippen LogP contribution in [-0.2, 0) is 0 Å². The van der Waals surface area contributed by atoms with E-state index in [1.807, 2.05) is 12.3 Å². The van der Waals surface area contributed by atoms with Crippen LogP contribution in [0.3, 0.4) is 0 Å². The highest BCUT2D eigenvalue weighted by molar-refractivity contribution is 6.88. The molecule has 36 heavy (non-hydrogen) atoms. The van der Waals surface area contributed by atoms with Crippen molar-refractivity contribution in [1.29, 1.82) is 0 Å². The lowest BCUT2D eigenvalue weighted by Crippen LogP contribution is -2.37. The molecule has 6 aromatic rings. The summed E-state index contributed by atoms with van der Waals surface area (Å²) >= 11 is 0. The van der Waals surface area contributed by atoms with Crippen molar-refractivity contribution in [2.45, 2.75) is 26.6 Å². The van der Waals surface area contributed by atoms with E-state index in [1.165, 1.54) is 27.1 Å². The van der Waals surface area contributed by atoms with E-state index < -0.39 is 8.07 Å². The fourth-order valence-electron chi connectivity index (χ4n) is 5.10. The predicted molar refractivity (Wildman–Crippen MR) is 156 cm³/mol. The van der Waals surface area contributed by atoms with Crippen molar-refractivity contribution in [1.82, 2.24) is 4.98 Å². The van der Waals surface area contributed by atoms with E-state index in [4.69, 9.17) is 9.40 Å². The summed E-state index contributed by atoms with van der Waals surface area (Å²) in [7, 11) is -1.41. The summed E-state index contributed by atoms with van der Waals surface area (Å²) in [5.41, 5.74) is 7.55. The van der Waals surface area contributed by atoms with Crippen LogP contribution in [0.15, 0.2) is 108 Å². The second-order valence-corrected chi connectivity index (χ2v) is 15.6. The highest BCUT2D eigenvalue weighted by atomic mass is 28.3. The zero-order chi connectivity index (χ0) is 24.9. The fourth-order valence-corrected chi connectivity index (χ4v) is 6.28. The molecule has 3 heteroatoms. The van der Waals surface area contributed by atoms with Gasteiger partial charge in [0.05, 0.1) is 13.8 Å². The second kappa shape index (κ2) is 8.61. The number of hydrogen-bond acceptors (Lipinski definition) is 2. The molecule has 0 aliphatic rings. The van der Waals surface area contributed by atoms with E-state index in [2.05, 4.69) is 118 Å². The molecule has 0 radical (unpaired) electrons. The van der Waals surface area contributed by atoms with Gasteiger partial charge in [-0.1, -0.05) is 104 Å². The molecule has 0 saturated carbocycles. The molecule has 0 amide bonds. The van der Waals surface area contributed by atoms with E-state index in [1.54, 1.807) is 0 Å². The van der Waals surface area contributed by atoms with E-state index in [-0.39, 0.29) is 0 Å². The Morgan fingerprint density at radius 3 is 2.08 bits per heavy atom. The summed E-state index contributed by atoms with van der Waals surface area (Å²) in [5, 5.41) is 5.03. The van der Waals surface area contributed by atoms with E-state index in [0.717, 1.165) is 39.1 Å². The van der Waals surface area contributed by atoms with Gasteiger partial charge in [-0.3, -0.25) is 4.98 Å². The summed E-state index contributed by atoms with van der Waals surface area (Å²) in [6.45, 7) is 9.33. The lowest BCUT2D eigenvalue weighted by molar-refractivity contribution is 0.629. The number of aryl methyl sites for hydroxylation is 1. The van der Waals surface area contributed by atoms with Gasteiger partial charge in [-0.15, -0.1) is 0 Å². The molecule has 4 aromatic carbocycles. The smallest absolute Gasteiger partial charge is 0.138 e. The van der Waals surface area contributed by atoms with Crippen LogP contribution in [0.1, 0.15) is 5.56 Å². The SMILES string of the molecule is Cc1c(-c2ccccc2)oc2cc(-c3nccc4cc([Si](C)(C)C)ccc34)cc(-c3ccccc3)c12. The maximum Gasteiger partial charge on any atom is 0.138 e. The van der Waals surface area contributed by atoms with Crippen LogP contribution in [-0.4, -0.2) is 13.1 Å². The standard InChI is InChI=1S/C33H29NOSi/c1-22-31-29(23-11-7-5-8-12-23)20-26(21-30(31)35-33(22)24-13-9-6-10-14-24)32-28-16-15-27(36(2,3)4)19-25(28)17-18-34-32/h5-21H,1-4H3. The fraction of sp³-hybridized carbons (Fsp3) is 0.121. The molecule has 2 aromatic heterocycles. The largest absolute Gasteiger partial charge is 0.456 e. The Hall–Kier alpha value is -3.95. The van der Waals surface area contributed by atoms with Gasteiger partial charge in [-0.2, -0.15) is 0 Å². The van der Waals surface area contributed by atoms with Crippen LogP contribution >= 0.6 is 0 Å². The number of rotatable bonds is 4. The predicted octanol–water partition coefficient (Wildman–Crippen LogP) is 8.84. The third-order valence-electron chi connectivity index (χ3n) is 7.05. The molecule has 0 unspecified atom stereocenters. The summed E-state index contributed by atoms with van der Waals surface area (Å²) in [6.07, 6.45) is 1.93. The maximum absolute atomic E-state index is 6.56. The van der Waals surface area contributed by atoms with Crippen molar-refractivity contribution in [3.8, 4) is 33.7 Å². The Bertz CT molecular complexity index is 1710. The van der Waals surface area contributed by atoms with Crippen LogP contribution in [0, 0.1) is 6.92 Å². The highest BCUT2D eigenvalue weighted by Crippen LogP contribution is 2.42. The van der Waals surface area contributed by atoms with Gasteiger partial charge in [-0.25, -0.2) is 0 Å². The Morgan fingerprint density at radius 2 is 1.39 bits per heavy atom. The zero-order valence-corrected chi connectivity index (χ0v) is 22.2. The number of furan rings is 1. The molecular weight excluding hydrogens is 454 g/mol. The van der Waals surface area contributed by atoms with Crippen molar-refractivity contribution < 1.29 is 4.42 Å². The average Bonchev–Trinajstić information content (AvgIpc) is 3.24. The molecule has 176 valence electrons. The number of pyridine rings is 1. The number of aromatic nitrogens is 1. The summed E-state index contributed by atoms with van der Waals surface area (Å²) in [4.78, 5) is 4.87. The number of fused-ring (bicyclic) bond motifs is 2. The zero-order valence-electron chi connectivity index (χ0n) is 21.2. The van der Waals surface area contributed by atoms with Gasteiger partial charge in [-0.05, 0) is 41.6 Å². The van der Waals surface area contributed by atoms with Crippen LogP contribution in [0.4, 0.5) is 0 Å². The summed E-state index contributed by atoms with van der Waals surface area (Å²) in [6, 6.07) is 34.4. The molecule has 0 spiro atoms. The van der Waals surface area contributed by atoms with Crippen LogP contribution in [0.5, 0.6) is 0 Å². The Labute approximate surface area is 213 Å². The highest BCUT2D eigenvalue weighted by Gasteiger charge is 2.20. The molecule has 0 fully saturated rings. The molecule has 0 saturated heterocycles. The number of hydrogen-bond donors (Lipinski definition) is 0. The molecular formula is C33H29NOSi. The summed E-state index contributed by atoms with van der Waals surface area (Å²) < 4.78 is 6.56. The van der Waals surface area contributed by atoms with E-state index in [9.17, 15) is 0 Å². The Kier molecular flexibility index (Phi) is 5.38. The van der Waals surface area contributed by atoms with Crippen molar-refractivity contribution >= 4 is 35.0 Å². The van der Waals surface area contributed by atoms with Gasteiger partial charge < -0.3 is 4.42 Å². The van der Waals surface area contributed by atoms with Gasteiger partial charge in [0, 0.05) is 33.7 Å². The van der Waals surface area contributed by atoms with Gasteiger partial charge in [0.15, 0.2) is 0 Å². The minimum atomic E-state index is -1.41. The first-order valence-corrected chi connectivity index (χ1v) is 16.0. The maximum atomic E-state index is 6.56. The molecule has 0 aliphatic carbocycles. The molecule has 0 atom stereocenters. The van der Waals surface area contributed by atoms with Gasteiger partial charge in [0.25, 0.3) is 0 Å². The third-order valence-corrected chi connectivity index (χ3v) is 9.10. The first kappa shape index (κ1) is 22.5. The first-order chi connectivity index (χ1) is 17.4. The first-order valence-electron chi connectivity index (χ1n) is 12.5. The monoisotopic (exact) mass is 483 g/mol. The minimum Gasteiger partial charge on any atom is -0.456 e. The van der Waals surface area contributed by atoms with E-state index in [0.29, 0.717) is 0 Å². The molecule has 0 aliphatic heterocycles. The lowest BCUT2D eigenvalue weighted by atomic mass is 9.94. The summed E-state index contributed by atoms with van der Waals surface area (Å²) in [5.74, 6) is 0.922. The van der Waals surface area contributed by atoms with Crippen LogP contribution in [0.2, 0.25) is 19.6 Å². The van der Waals surface area contributed by atoms with Gasteiger partial charge in [0.2, 0.25) is 0 Å². The average molecular weight is 484 g/mol. The van der Waals surface area contributed by atoms with Gasteiger partial charge in [0.1, 0.15) is 11.3 Å². The molecule has 0 bridgehead atoms. The van der Waals surface area contributed by atoms with E-state index >= 15 is 0 Å². The Balaban J connectivity index is 1.63. The normalized spacial score (nSPS) is 11.9. The minimum absolute atomic E-state index is 0.889. The topological polar surface area (TPSA) is 26.0 Å². The Morgan fingerprint density at radius 1 is 0.694 bits per heavy atom. The lowest BCUT2D eigenvalue weighted by Gasteiger charge is -2.18. The number of nitrogens with zero attached hydrogens (tertiary/aromatic N) is 1. The van der Waals surface area contributed by atoms with Gasteiger partial charge >= 0.3 is 0 Å². The van der Waals surface area contributed by atoms with Crippen molar-refractivity contribution in [3.63, 3.8) is 0 Å². The quantitative estimate of drug-likeness (QED) is 0.234. The molecule has 6 rings (SSSR count). The number of benzene rings is 4. The van der Waals surface area contributed by atoms with Crippen molar-refractivity contribution in [2.24, 2.45) is 0 Å². The van der Waals surface area contributed by atoms with Crippen molar-refractivity contribution in [2.75, 3.05) is 0 Å². The third kappa shape index (κ3) is 3.86. The van der Waals surface area contributed by atoms with Crippen LogP contribution < -0.4 is 5.19 Å². The van der Waals surface area contributed by atoms with Crippen molar-refractivity contribution in [3.05, 3.63) is 109 Å². The second-order valence-electron chi connectivity index (χ2n) is 10.5. The molecule has 2 heterocycles. The molecule has 0 N–H and O–H groups in total. The van der Waals surface area contributed by atoms with Crippen LogP contribution in [0.25, 0.3) is 55.4 Å².